The van der Waals surface area contributed by atoms with Gasteiger partial charge in [0, 0.05) is 97.7 Å². The zero-order valence-corrected chi connectivity index (χ0v) is 36.7. The van der Waals surface area contributed by atoms with Crippen molar-refractivity contribution >= 4 is 44.2 Å². The first-order valence-electron chi connectivity index (χ1n) is 21.2. The summed E-state index contributed by atoms with van der Waals surface area (Å²) < 4.78 is 18.0. The molecule has 2 aliphatic heterocycles. The van der Waals surface area contributed by atoms with Crippen LogP contribution in [-0.4, -0.2) is 56.3 Å². The molecule has 10 nitrogen and oxygen atoms in total. The van der Waals surface area contributed by atoms with Crippen molar-refractivity contribution in [2.24, 2.45) is 0 Å². The van der Waals surface area contributed by atoms with Crippen LogP contribution in [0.4, 0.5) is 11.4 Å². The van der Waals surface area contributed by atoms with Gasteiger partial charge in [-0.1, -0.05) is 53.7 Å². The highest BCUT2D eigenvalue weighted by Crippen LogP contribution is 2.44. The second-order valence-electron chi connectivity index (χ2n) is 18.6. The van der Waals surface area contributed by atoms with Gasteiger partial charge in [-0.25, -0.2) is 9.97 Å². The third-order valence-electron chi connectivity index (χ3n) is 11.8. The Bertz CT molecular complexity index is 2870. The lowest BCUT2D eigenvalue weighted by Crippen LogP contribution is -2.21. The highest BCUT2D eigenvalue weighted by molar-refractivity contribution is 6.20. The van der Waals surface area contributed by atoms with E-state index in [1.807, 2.05) is 36.7 Å². The molecule has 10 heteroatoms. The quantitative estimate of drug-likeness (QED) is 0.150. The molecule has 0 aliphatic carbocycles. The number of aromatic nitrogens is 4. The van der Waals surface area contributed by atoms with Crippen LogP contribution in [0.1, 0.15) is 52.7 Å². The van der Waals surface area contributed by atoms with E-state index in [1.165, 1.54) is 11.1 Å². The summed E-state index contributed by atoms with van der Waals surface area (Å²) >= 11 is 0. The van der Waals surface area contributed by atoms with E-state index in [0.29, 0.717) is 0 Å². The van der Waals surface area contributed by atoms with Crippen LogP contribution in [-0.2, 0) is 10.8 Å². The Balaban J connectivity index is 1.18. The molecule has 8 aromatic rings. The number of fused-ring (bicyclic) bond motifs is 5. The molecule has 0 fully saturated rings. The molecule has 0 N–H and O–H groups in total. The smallest absolute Gasteiger partial charge is 0.137 e. The molecule has 4 aromatic heterocycles. The van der Waals surface area contributed by atoms with Gasteiger partial charge in [-0.2, -0.15) is 0 Å². The number of ether oxygens (including phenoxy) is 2. The second kappa shape index (κ2) is 14.8. The van der Waals surface area contributed by atoms with Gasteiger partial charge < -0.3 is 29.1 Å². The average Bonchev–Trinajstić information content (AvgIpc) is 4.03. The number of nitrogens with zero attached hydrogens (tertiary/aromatic N) is 8. The lowest BCUT2D eigenvalue weighted by molar-refractivity contribution is 0.481. The molecule has 0 spiro atoms. The van der Waals surface area contributed by atoms with Crippen LogP contribution in [0, 0.1) is 0 Å². The molecule has 62 heavy (non-hydrogen) atoms. The molecular weight excluding hydrogens is 769 g/mol. The van der Waals surface area contributed by atoms with Crippen molar-refractivity contribution < 1.29 is 9.47 Å². The highest BCUT2D eigenvalue weighted by atomic mass is 16.5. The van der Waals surface area contributed by atoms with Crippen LogP contribution in [0.25, 0.3) is 44.5 Å². The van der Waals surface area contributed by atoms with E-state index in [2.05, 4.69) is 194 Å². The topological polar surface area (TPSA) is 67.1 Å². The largest absolute Gasteiger partial charge is 0.457 e. The number of benzene rings is 4. The van der Waals surface area contributed by atoms with E-state index in [-0.39, 0.29) is 10.8 Å². The van der Waals surface area contributed by atoms with Crippen LogP contribution in [0.15, 0.2) is 146 Å². The zero-order valence-electron chi connectivity index (χ0n) is 36.7. The maximum atomic E-state index is 6.69. The van der Waals surface area contributed by atoms with E-state index in [0.717, 1.165) is 92.2 Å². The van der Waals surface area contributed by atoms with Gasteiger partial charge >= 0.3 is 0 Å². The standard InChI is InChI=1S/C52H52N8O2/c1-51(2,3)35-19-21-53-47(27-35)59-45-31-41(61-39-13-9-11-37(29-39)57-25-23-55(7)33-57)15-17-43(45)50-49(59)44-18-16-42(62-40-14-10-12-38(30-40)58-26-24-56(8)34-58)32-46(44)60(50)48-28-36(20-22-54-48)52(4,5)6/h9-32H,33-34H2,1-8H3. The summed E-state index contributed by atoms with van der Waals surface area (Å²) in [6.07, 6.45) is 12.2. The normalized spacial score (nSPS) is 14.4. The minimum atomic E-state index is -0.0891. The Morgan fingerprint density at radius 1 is 0.468 bits per heavy atom. The Morgan fingerprint density at radius 3 is 1.27 bits per heavy atom. The van der Waals surface area contributed by atoms with Gasteiger partial charge in [-0.05, 0) is 94.8 Å². The summed E-state index contributed by atoms with van der Waals surface area (Å²) in [7, 11) is 4.14. The summed E-state index contributed by atoms with van der Waals surface area (Å²) in [6.45, 7) is 15.0. The Hall–Kier alpha value is -7.20. The number of anilines is 2. The van der Waals surface area contributed by atoms with E-state index in [1.54, 1.807) is 0 Å². The number of rotatable bonds is 8. The summed E-state index contributed by atoms with van der Waals surface area (Å²) in [4.78, 5) is 18.8. The fraction of sp³-hybridized carbons (Fsp3) is 0.231. The van der Waals surface area contributed by atoms with E-state index in [9.17, 15) is 0 Å². The first-order chi connectivity index (χ1) is 29.8. The lowest BCUT2D eigenvalue weighted by atomic mass is 9.88. The maximum Gasteiger partial charge on any atom is 0.137 e. The predicted octanol–water partition coefficient (Wildman–Crippen LogP) is 12.1. The van der Waals surface area contributed by atoms with Crippen molar-refractivity contribution in [2.45, 2.75) is 52.4 Å². The number of pyridine rings is 2. The molecule has 10 rings (SSSR count). The van der Waals surface area contributed by atoms with Gasteiger partial charge in [0.1, 0.15) is 34.6 Å². The zero-order chi connectivity index (χ0) is 42.9. The molecule has 0 amide bonds. The molecule has 0 bridgehead atoms. The van der Waals surface area contributed by atoms with Crippen LogP contribution >= 0.6 is 0 Å². The summed E-state index contributed by atoms with van der Waals surface area (Å²) in [5.74, 6) is 4.65. The number of hydrogen-bond donors (Lipinski definition) is 0. The van der Waals surface area contributed by atoms with Gasteiger partial charge in [-0.3, -0.25) is 9.13 Å². The first-order valence-corrected chi connectivity index (χ1v) is 21.2. The van der Waals surface area contributed by atoms with Crippen molar-refractivity contribution in [1.82, 2.24) is 28.9 Å². The SMILES string of the molecule is CN1C=CN(c2cccc(Oc3ccc4c(c3)n(-c3cc(C(C)(C)C)ccn3)c3c5ccc(Oc6cccc(N7C=CN(C)C7)c6)cc5n(-c5cc(C(C)(C)C)ccn5)c43)c2)C1. The van der Waals surface area contributed by atoms with Crippen molar-refractivity contribution in [1.29, 1.82) is 0 Å². The van der Waals surface area contributed by atoms with Crippen molar-refractivity contribution in [3.8, 4) is 34.6 Å². The highest BCUT2D eigenvalue weighted by Gasteiger charge is 2.26. The monoisotopic (exact) mass is 820 g/mol. The average molecular weight is 821 g/mol. The van der Waals surface area contributed by atoms with Crippen LogP contribution in [0.3, 0.4) is 0 Å². The van der Waals surface area contributed by atoms with Crippen molar-refractivity contribution in [2.75, 3.05) is 37.2 Å². The third-order valence-corrected chi connectivity index (χ3v) is 11.8. The van der Waals surface area contributed by atoms with Gasteiger partial charge in [0.15, 0.2) is 0 Å². The first kappa shape index (κ1) is 39.0. The predicted molar refractivity (Wildman–Crippen MR) is 252 cm³/mol. The molecule has 2 aliphatic rings. The van der Waals surface area contributed by atoms with Gasteiger partial charge in [0.2, 0.25) is 0 Å². The lowest BCUT2D eigenvalue weighted by Gasteiger charge is -2.20. The van der Waals surface area contributed by atoms with E-state index >= 15 is 0 Å². The summed E-state index contributed by atoms with van der Waals surface area (Å²) in [6, 6.07) is 37.9. The van der Waals surface area contributed by atoms with E-state index < -0.39 is 0 Å². The Kier molecular flexibility index (Phi) is 9.28. The van der Waals surface area contributed by atoms with Crippen LogP contribution in [0.2, 0.25) is 0 Å². The minimum absolute atomic E-state index is 0.0891. The molecule has 312 valence electrons. The third kappa shape index (κ3) is 7.15. The van der Waals surface area contributed by atoms with Crippen LogP contribution < -0.4 is 19.3 Å². The van der Waals surface area contributed by atoms with Gasteiger partial charge in [0.05, 0.1) is 35.4 Å². The second-order valence-corrected chi connectivity index (χ2v) is 18.6. The minimum Gasteiger partial charge on any atom is -0.457 e. The summed E-state index contributed by atoms with van der Waals surface area (Å²) in [5.41, 5.74) is 8.36. The molecule has 0 radical (unpaired) electrons. The Morgan fingerprint density at radius 2 is 0.887 bits per heavy atom. The summed E-state index contributed by atoms with van der Waals surface area (Å²) in [5, 5.41) is 2.10. The van der Waals surface area contributed by atoms with Crippen molar-refractivity contribution in [3.63, 3.8) is 0 Å². The molecular formula is C52H52N8O2. The molecule has 6 heterocycles. The van der Waals surface area contributed by atoms with Gasteiger partial charge in [-0.15, -0.1) is 0 Å². The molecule has 4 aromatic carbocycles. The van der Waals surface area contributed by atoms with E-state index in [4.69, 9.17) is 19.4 Å². The fourth-order valence-electron chi connectivity index (χ4n) is 8.48. The van der Waals surface area contributed by atoms with Crippen molar-refractivity contribution in [3.05, 3.63) is 158 Å². The fourth-order valence-corrected chi connectivity index (χ4v) is 8.48. The molecule has 0 saturated carbocycles. The maximum absolute atomic E-state index is 6.69. The van der Waals surface area contributed by atoms with Gasteiger partial charge in [0.25, 0.3) is 0 Å². The Labute approximate surface area is 363 Å². The van der Waals surface area contributed by atoms with Crippen LogP contribution in [0.5, 0.6) is 23.0 Å². The molecule has 0 atom stereocenters. The number of hydrogen-bond acceptors (Lipinski definition) is 8. The molecule has 0 unspecified atom stereocenters. The molecule has 0 saturated heterocycles.